The Balaban J connectivity index is 2.12. The SMILES string of the molecule is CC1=C([PH2]=O)C(OC(C)C)(c2cccc(C(F)(F)F)c2)C(C(=O)OCCN(C)Cc2ccccc2)=C(C)N1OC(C)C. The molecular formula is C31H40F3N2O5P. The van der Waals surface area contributed by atoms with E-state index in [1.807, 2.05) is 42.3 Å². The minimum Gasteiger partial charge on any atom is -0.461 e. The normalized spacial score (nSPS) is 18.4. The first-order valence-corrected chi connectivity index (χ1v) is 14.9. The third-order valence-electron chi connectivity index (χ3n) is 6.74. The molecule has 2 aromatic rings. The molecule has 0 spiro atoms. The van der Waals surface area contributed by atoms with Gasteiger partial charge in [-0.05, 0) is 71.8 Å². The first kappa shape index (κ1) is 33.6. The fraction of sp³-hybridized carbons (Fsp3) is 0.452. The lowest BCUT2D eigenvalue weighted by Crippen LogP contribution is -2.46. The largest absolute Gasteiger partial charge is 0.461 e. The highest BCUT2D eigenvalue weighted by atomic mass is 31.1. The maximum Gasteiger partial charge on any atom is 0.416 e. The molecule has 0 radical (unpaired) electrons. The minimum atomic E-state index is -4.65. The van der Waals surface area contributed by atoms with Gasteiger partial charge in [0.05, 0.1) is 43.2 Å². The first-order chi connectivity index (χ1) is 19.7. The summed E-state index contributed by atoms with van der Waals surface area (Å²) in [6.07, 6.45) is -5.55. The van der Waals surface area contributed by atoms with Crippen LogP contribution in [-0.4, -0.2) is 48.3 Å². The zero-order chi connectivity index (χ0) is 31.2. The van der Waals surface area contributed by atoms with Crippen LogP contribution in [0.2, 0.25) is 0 Å². The zero-order valence-corrected chi connectivity index (χ0v) is 26.3. The minimum absolute atomic E-state index is 0.00654. The van der Waals surface area contributed by atoms with E-state index in [0.29, 0.717) is 18.8 Å². The second-order valence-corrected chi connectivity index (χ2v) is 11.6. The van der Waals surface area contributed by atoms with Gasteiger partial charge in [0.1, 0.15) is 6.61 Å². The van der Waals surface area contributed by atoms with E-state index < -0.39 is 37.9 Å². The van der Waals surface area contributed by atoms with Crippen LogP contribution in [0.25, 0.3) is 0 Å². The number of benzene rings is 2. The van der Waals surface area contributed by atoms with Gasteiger partial charge in [-0.15, -0.1) is 0 Å². The quantitative estimate of drug-likeness (QED) is 0.192. The van der Waals surface area contributed by atoms with Gasteiger partial charge in [0.2, 0.25) is 0 Å². The van der Waals surface area contributed by atoms with Crippen molar-refractivity contribution in [1.29, 1.82) is 0 Å². The number of hydrogen-bond acceptors (Lipinski definition) is 7. The summed E-state index contributed by atoms with van der Waals surface area (Å²) in [6, 6.07) is 14.4. The summed E-state index contributed by atoms with van der Waals surface area (Å²) < 4.78 is 66.8. The van der Waals surface area contributed by atoms with Gasteiger partial charge in [0.25, 0.3) is 0 Å². The van der Waals surface area contributed by atoms with E-state index in [2.05, 4.69) is 0 Å². The molecule has 7 nitrogen and oxygen atoms in total. The number of carbonyl (C=O) groups is 1. The predicted octanol–water partition coefficient (Wildman–Crippen LogP) is 6.92. The Hall–Kier alpha value is -2.91. The summed E-state index contributed by atoms with van der Waals surface area (Å²) in [7, 11) is 0.117. The monoisotopic (exact) mass is 608 g/mol. The second-order valence-electron chi connectivity index (χ2n) is 10.8. The Bertz CT molecular complexity index is 1330. The Labute approximate surface area is 247 Å². The number of halogens is 3. The van der Waals surface area contributed by atoms with E-state index in [-0.39, 0.29) is 34.9 Å². The summed E-state index contributed by atoms with van der Waals surface area (Å²) >= 11 is 0. The predicted molar refractivity (Wildman–Crippen MR) is 157 cm³/mol. The van der Waals surface area contributed by atoms with Crippen molar-refractivity contribution in [2.24, 2.45) is 0 Å². The van der Waals surface area contributed by atoms with Gasteiger partial charge in [-0.25, -0.2) is 9.86 Å². The van der Waals surface area contributed by atoms with Crippen LogP contribution in [0.15, 0.2) is 76.9 Å². The number of esters is 1. The Morgan fingerprint density at radius 2 is 1.67 bits per heavy atom. The van der Waals surface area contributed by atoms with Crippen molar-refractivity contribution < 1.29 is 36.8 Å². The molecule has 0 N–H and O–H groups in total. The number of hydroxylamine groups is 2. The number of likely N-dealkylation sites (N-methyl/N-ethyl adjacent to an activating group) is 1. The summed E-state index contributed by atoms with van der Waals surface area (Å²) in [4.78, 5) is 22.0. The highest BCUT2D eigenvalue weighted by Crippen LogP contribution is 2.53. The number of hydrogen-bond donors (Lipinski definition) is 0. The van der Waals surface area contributed by atoms with Gasteiger partial charge in [-0.3, -0.25) is 9.74 Å². The molecule has 11 heteroatoms. The van der Waals surface area contributed by atoms with Gasteiger partial charge < -0.3 is 14.0 Å². The number of allylic oxidation sites excluding steroid dienone is 2. The molecule has 0 bridgehead atoms. The van der Waals surface area contributed by atoms with Crippen molar-refractivity contribution >= 4 is 14.4 Å². The average Bonchev–Trinajstić information content (AvgIpc) is 2.91. The molecule has 0 amide bonds. The van der Waals surface area contributed by atoms with Gasteiger partial charge >= 0.3 is 12.1 Å². The number of ether oxygens (including phenoxy) is 2. The topological polar surface area (TPSA) is 68.3 Å². The standard InChI is InChI=1S/C31H40F3N2O5P/c1-20(2)40-30(25-14-11-15-26(18-25)31(32,33)34)27(22(5)36(41-21(3)4)23(6)28(30)42-38)29(37)39-17-16-35(7)19-24-12-9-8-10-13-24/h8-15,18,20-21H,16-17,19,42H2,1-7H3. The van der Waals surface area contributed by atoms with Crippen molar-refractivity contribution in [3.8, 4) is 0 Å². The Kier molecular flexibility index (Phi) is 11.2. The van der Waals surface area contributed by atoms with E-state index in [9.17, 15) is 22.5 Å². The average molecular weight is 609 g/mol. The molecule has 0 aromatic heterocycles. The first-order valence-electron chi connectivity index (χ1n) is 13.8. The molecule has 0 saturated carbocycles. The van der Waals surface area contributed by atoms with E-state index in [1.54, 1.807) is 41.5 Å². The van der Waals surface area contributed by atoms with Crippen LogP contribution >= 0.6 is 8.46 Å². The lowest BCUT2D eigenvalue weighted by molar-refractivity contribution is -0.157. The van der Waals surface area contributed by atoms with Crippen LogP contribution in [-0.2, 0) is 42.0 Å². The van der Waals surface area contributed by atoms with Crippen LogP contribution in [0.5, 0.6) is 0 Å². The van der Waals surface area contributed by atoms with Crippen LogP contribution in [0.3, 0.4) is 0 Å². The van der Waals surface area contributed by atoms with Crippen LogP contribution in [0, 0.1) is 0 Å². The molecule has 1 aliphatic rings. The van der Waals surface area contributed by atoms with E-state index >= 15 is 0 Å². The number of nitrogens with zero attached hydrogens (tertiary/aromatic N) is 2. The molecule has 0 fully saturated rings. The molecule has 1 heterocycles. The Morgan fingerprint density at radius 1 is 1.00 bits per heavy atom. The van der Waals surface area contributed by atoms with Gasteiger partial charge in [0.15, 0.2) is 5.60 Å². The van der Waals surface area contributed by atoms with E-state index in [0.717, 1.165) is 17.7 Å². The Morgan fingerprint density at radius 3 is 2.24 bits per heavy atom. The maximum atomic E-state index is 14.0. The lowest BCUT2D eigenvalue weighted by Gasteiger charge is -2.45. The van der Waals surface area contributed by atoms with Crippen molar-refractivity contribution in [2.45, 2.75) is 72.1 Å². The number of carbonyl (C=O) groups excluding carboxylic acids is 1. The molecule has 1 aliphatic heterocycles. The molecule has 0 saturated heterocycles. The summed E-state index contributed by atoms with van der Waals surface area (Å²) in [5, 5.41) is 1.55. The third-order valence-corrected chi connectivity index (χ3v) is 7.80. The smallest absolute Gasteiger partial charge is 0.416 e. The molecule has 3 rings (SSSR count). The van der Waals surface area contributed by atoms with Crippen LogP contribution < -0.4 is 0 Å². The highest BCUT2D eigenvalue weighted by Gasteiger charge is 2.52. The molecule has 230 valence electrons. The summed E-state index contributed by atoms with van der Waals surface area (Å²) in [5.41, 5.74) is -1.12. The fourth-order valence-electron chi connectivity index (χ4n) is 5.03. The second kappa shape index (κ2) is 14.0. The maximum absolute atomic E-state index is 14.0. The summed E-state index contributed by atoms with van der Waals surface area (Å²) in [5.74, 6) is -0.797. The van der Waals surface area contributed by atoms with Crippen LogP contribution in [0.4, 0.5) is 13.2 Å². The van der Waals surface area contributed by atoms with Gasteiger partial charge in [-0.1, -0.05) is 42.5 Å². The van der Waals surface area contributed by atoms with E-state index in [1.165, 1.54) is 17.2 Å². The third kappa shape index (κ3) is 7.53. The number of rotatable bonds is 12. The van der Waals surface area contributed by atoms with E-state index in [4.69, 9.17) is 14.3 Å². The van der Waals surface area contributed by atoms with Crippen molar-refractivity contribution in [3.63, 3.8) is 0 Å². The highest BCUT2D eigenvalue weighted by molar-refractivity contribution is 7.29. The van der Waals surface area contributed by atoms with Crippen molar-refractivity contribution in [2.75, 3.05) is 20.2 Å². The zero-order valence-electron chi connectivity index (χ0n) is 25.1. The fourth-order valence-corrected chi connectivity index (χ4v) is 5.87. The van der Waals surface area contributed by atoms with Gasteiger partial charge in [-0.2, -0.15) is 13.2 Å². The van der Waals surface area contributed by atoms with Crippen molar-refractivity contribution in [3.05, 3.63) is 93.6 Å². The molecule has 2 unspecified atom stereocenters. The molecule has 0 aliphatic carbocycles. The van der Waals surface area contributed by atoms with Crippen LogP contribution in [0.1, 0.15) is 58.2 Å². The lowest BCUT2D eigenvalue weighted by atomic mass is 9.80. The summed E-state index contributed by atoms with van der Waals surface area (Å²) in [6.45, 7) is 11.3. The molecule has 2 atom stereocenters. The number of alkyl halides is 3. The van der Waals surface area contributed by atoms with Gasteiger partial charge in [0, 0.05) is 18.4 Å². The van der Waals surface area contributed by atoms with Crippen molar-refractivity contribution in [1.82, 2.24) is 9.96 Å². The molecule has 2 aromatic carbocycles. The molecular weight excluding hydrogens is 568 g/mol. The molecule has 42 heavy (non-hydrogen) atoms.